The van der Waals surface area contributed by atoms with Crippen molar-refractivity contribution in [2.75, 3.05) is 13.7 Å². The van der Waals surface area contributed by atoms with Gasteiger partial charge in [0.15, 0.2) is 11.5 Å². The minimum Gasteiger partial charge on any atom is -0.493 e. The molecule has 0 fully saturated rings. The van der Waals surface area contributed by atoms with E-state index in [1.54, 1.807) is 19.1 Å². The SMILES string of the molecule is CCOC(=O)Cc1cc(OC)c(OC(C)C)cc1C=O. The van der Waals surface area contributed by atoms with Crippen LogP contribution in [0, 0.1) is 0 Å². The molecule has 5 nitrogen and oxygen atoms in total. The zero-order valence-corrected chi connectivity index (χ0v) is 12.3. The first-order valence-electron chi connectivity index (χ1n) is 6.50. The van der Waals surface area contributed by atoms with Crippen LogP contribution < -0.4 is 9.47 Å². The van der Waals surface area contributed by atoms with E-state index in [1.807, 2.05) is 13.8 Å². The maximum absolute atomic E-state index is 11.5. The Bertz CT molecular complexity index is 479. The molecule has 0 aliphatic heterocycles. The van der Waals surface area contributed by atoms with E-state index < -0.39 is 0 Å². The number of carbonyl (C=O) groups is 2. The first-order valence-corrected chi connectivity index (χ1v) is 6.50. The molecule has 1 rings (SSSR count). The van der Waals surface area contributed by atoms with Crippen LogP contribution in [-0.2, 0) is 16.0 Å². The Hall–Kier alpha value is -2.04. The normalized spacial score (nSPS) is 10.2. The molecule has 1 aromatic carbocycles. The summed E-state index contributed by atoms with van der Waals surface area (Å²) in [4.78, 5) is 22.7. The van der Waals surface area contributed by atoms with Crippen molar-refractivity contribution in [1.82, 2.24) is 0 Å². The highest BCUT2D eigenvalue weighted by molar-refractivity contribution is 5.83. The molecule has 0 saturated heterocycles. The van der Waals surface area contributed by atoms with Crippen LogP contribution in [0.3, 0.4) is 0 Å². The van der Waals surface area contributed by atoms with Gasteiger partial charge < -0.3 is 14.2 Å². The standard InChI is InChI=1S/C15H20O5/c1-5-19-15(17)8-11-6-13(18-4)14(20-10(2)3)7-12(11)9-16/h6-7,9-10H,5,8H2,1-4H3. The van der Waals surface area contributed by atoms with Gasteiger partial charge in [-0.1, -0.05) is 0 Å². The van der Waals surface area contributed by atoms with Crippen molar-refractivity contribution in [3.8, 4) is 11.5 Å². The van der Waals surface area contributed by atoms with Gasteiger partial charge in [-0.15, -0.1) is 0 Å². The molecule has 0 heterocycles. The molecule has 5 heteroatoms. The number of ether oxygens (including phenoxy) is 3. The second-order valence-corrected chi connectivity index (χ2v) is 4.47. The van der Waals surface area contributed by atoms with E-state index >= 15 is 0 Å². The number of carbonyl (C=O) groups excluding carboxylic acids is 2. The number of rotatable bonds is 7. The highest BCUT2D eigenvalue weighted by Gasteiger charge is 2.15. The van der Waals surface area contributed by atoms with Crippen LogP contribution in [0.15, 0.2) is 12.1 Å². The molecule has 0 atom stereocenters. The van der Waals surface area contributed by atoms with Crippen molar-refractivity contribution in [2.24, 2.45) is 0 Å². The Kier molecular flexibility index (Phi) is 6.03. The van der Waals surface area contributed by atoms with E-state index in [-0.39, 0.29) is 18.5 Å². The number of methoxy groups -OCH3 is 1. The maximum atomic E-state index is 11.5. The summed E-state index contributed by atoms with van der Waals surface area (Å²) in [5.74, 6) is 0.594. The average molecular weight is 280 g/mol. The molecule has 0 bridgehead atoms. The van der Waals surface area contributed by atoms with Crippen LogP contribution in [0.1, 0.15) is 36.7 Å². The Labute approximate surface area is 118 Å². The van der Waals surface area contributed by atoms with Crippen molar-refractivity contribution in [3.05, 3.63) is 23.3 Å². The van der Waals surface area contributed by atoms with Gasteiger partial charge in [0.2, 0.25) is 0 Å². The Morgan fingerprint density at radius 1 is 1.30 bits per heavy atom. The zero-order chi connectivity index (χ0) is 15.1. The number of esters is 1. The minimum atomic E-state index is -0.379. The first-order chi connectivity index (χ1) is 9.51. The Morgan fingerprint density at radius 2 is 2.00 bits per heavy atom. The van der Waals surface area contributed by atoms with Gasteiger partial charge in [0.05, 0.1) is 26.2 Å². The van der Waals surface area contributed by atoms with Crippen LogP contribution in [0.5, 0.6) is 11.5 Å². The van der Waals surface area contributed by atoms with Crippen LogP contribution in [0.2, 0.25) is 0 Å². The molecule has 0 N–H and O–H groups in total. The molecule has 0 saturated carbocycles. The fraction of sp³-hybridized carbons (Fsp3) is 0.467. The summed E-state index contributed by atoms with van der Waals surface area (Å²) in [7, 11) is 1.51. The molecule has 110 valence electrons. The summed E-state index contributed by atoms with van der Waals surface area (Å²) in [6, 6.07) is 3.22. The van der Waals surface area contributed by atoms with E-state index in [4.69, 9.17) is 14.2 Å². The van der Waals surface area contributed by atoms with Crippen molar-refractivity contribution in [3.63, 3.8) is 0 Å². The minimum absolute atomic E-state index is 0.0280. The monoisotopic (exact) mass is 280 g/mol. The summed E-state index contributed by atoms with van der Waals surface area (Å²) in [6.45, 7) is 5.80. The molecule has 0 radical (unpaired) electrons. The van der Waals surface area contributed by atoms with Gasteiger partial charge in [0, 0.05) is 5.56 Å². The fourth-order valence-electron chi connectivity index (χ4n) is 1.75. The highest BCUT2D eigenvalue weighted by Crippen LogP contribution is 2.31. The lowest BCUT2D eigenvalue weighted by Gasteiger charge is -2.16. The molecule has 0 aliphatic carbocycles. The van der Waals surface area contributed by atoms with Gasteiger partial charge in [-0.2, -0.15) is 0 Å². The Balaban J connectivity index is 3.11. The second-order valence-electron chi connectivity index (χ2n) is 4.47. The van der Waals surface area contributed by atoms with Gasteiger partial charge in [-0.3, -0.25) is 9.59 Å². The van der Waals surface area contributed by atoms with Crippen molar-refractivity contribution in [2.45, 2.75) is 33.3 Å². The number of hydrogen-bond acceptors (Lipinski definition) is 5. The van der Waals surface area contributed by atoms with Crippen molar-refractivity contribution >= 4 is 12.3 Å². The lowest BCUT2D eigenvalue weighted by atomic mass is 10.0. The van der Waals surface area contributed by atoms with E-state index in [0.717, 1.165) is 0 Å². The second kappa shape index (κ2) is 7.53. The van der Waals surface area contributed by atoms with Crippen LogP contribution in [0.4, 0.5) is 0 Å². The third-order valence-corrected chi connectivity index (χ3v) is 2.56. The van der Waals surface area contributed by atoms with Crippen molar-refractivity contribution < 1.29 is 23.8 Å². The lowest BCUT2D eigenvalue weighted by Crippen LogP contribution is -2.11. The number of hydrogen-bond donors (Lipinski definition) is 0. The molecular weight excluding hydrogens is 260 g/mol. The Morgan fingerprint density at radius 3 is 2.50 bits per heavy atom. The summed E-state index contributed by atoms with van der Waals surface area (Å²) in [5.41, 5.74) is 0.959. The molecule has 0 aromatic heterocycles. The number of benzene rings is 1. The predicted molar refractivity (Wildman–Crippen MR) is 74.5 cm³/mol. The van der Waals surface area contributed by atoms with Gasteiger partial charge >= 0.3 is 5.97 Å². The third kappa shape index (κ3) is 4.26. The van der Waals surface area contributed by atoms with Crippen LogP contribution >= 0.6 is 0 Å². The maximum Gasteiger partial charge on any atom is 0.310 e. The summed E-state index contributed by atoms with van der Waals surface area (Å²) >= 11 is 0. The van der Waals surface area contributed by atoms with Crippen LogP contribution in [0.25, 0.3) is 0 Å². The topological polar surface area (TPSA) is 61.8 Å². The van der Waals surface area contributed by atoms with Crippen molar-refractivity contribution in [1.29, 1.82) is 0 Å². The van der Waals surface area contributed by atoms with Gasteiger partial charge in [-0.25, -0.2) is 0 Å². The number of aldehydes is 1. The lowest BCUT2D eigenvalue weighted by molar-refractivity contribution is -0.142. The molecule has 0 amide bonds. The zero-order valence-electron chi connectivity index (χ0n) is 12.3. The predicted octanol–water partition coefficient (Wildman–Crippen LogP) is 2.40. The van der Waals surface area contributed by atoms with Gasteiger partial charge in [0.1, 0.15) is 6.29 Å². The van der Waals surface area contributed by atoms with E-state index in [9.17, 15) is 9.59 Å². The van der Waals surface area contributed by atoms with Gasteiger partial charge in [-0.05, 0) is 38.5 Å². The average Bonchev–Trinajstić information content (AvgIpc) is 2.39. The molecule has 0 spiro atoms. The summed E-state index contributed by atoms with van der Waals surface area (Å²) in [5, 5.41) is 0. The van der Waals surface area contributed by atoms with Crippen LogP contribution in [-0.4, -0.2) is 32.1 Å². The van der Waals surface area contributed by atoms with E-state index in [2.05, 4.69) is 0 Å². The molecule has 20 heavy (non-hydrogen) atoms. The van der Waals surface area contributed by atoms with E-state index in [0.29, 0.717) is 35.5 Å². The molecule has 0 unspecified atom stereocenters. The largest absolute Gasteiger partial charge is 0.493 e. The molecular formula is C15H20O5. The first kappa shape index (κ1) is 16.0. The molecule has 1 aromatic rings. The quantitative estimate of drug-likeness (QED) is 0.567. The smallest absolute Gasteiger partial charge is 0.310 e. The van der Waals surface area contributed by atoms with E-state index in [1.165, 1.54) is 7.11 Å². The fourth-order valence-corrected chi connectivity index (χ4v) is 1.75. The summed E-state index contributed by atoms with van der Waals surface area (Å²) < 4.78 is 15.7. The van der Waals surface area contributed by atoms with Gasteiger partial charge in [0.25, 0.3) is 0 Å². The molecule has 0 aliphatic rings. The highest BCUT2D eigenvalue weighted by atomic mass is 16.5. The third-order valence-electron chi connectivity index (χ3n) is 2.56. The summed E-state index contributed by atoms with van der Waals surface area (Å²) in [6.07, 6.45) is 0.681.